The molecule has 3 aromatic rings. The average molecular weight is 522 g/mol. The summed E-state index contributed by atoms with van der Waals surface area (Å²) in [5.41, 5.74) is 9.35. The maximum atomic E-state index is 12.8. The SMILES string of the molecule is CCOc1cc(C=NNC(=O)c2nnn(-c3nonc3N)c2CN(CC)CC)cc(Br)c1O. The number of phenolic OH excluding ortho intramolecular Hbond substituents is 1. The summed E-state index contributed by atoms with van der Waals surface area (Å²) in [4.78, 5) is 14.9. The minimum absolute atomic E-state index is 0.0164. The zero-order valence-electron chi connectivity index (χ0n) is 18.3. The molecule has 0 saturated heterocycles. The third-order valence-electron chi connectivity index (χ3n) is 4.67. The van der Waals surface area contributed by atoms with E-state index in [2.05, 4.69) is 56.6 Å². The number of amides is 1. The van der Waals surface area contributed by atoms with E-state index in [-0.39, 0.29) is 23.1 Å². The first-order valence-electron chi connectivity index (χ1n) is 10.1. The molecule has 33 heavy (non-hydrogen) atoms. The van der Waals surface area contributed by atoms with Crippen LogP contribution in [0, 0.1) is 0 Å². The molecule has 0 fully saturated rings. The topological polar surface area (TPSA) is 170 Å². The van der Waals surface area contributed by atoms with Gasteiger partial charge in [0, 0.05) is 6.54 Å². The smallest absolute Gasteiger partial charge is 0.293 e. The molecule has 2 heterocycles. The molecule has 0 saturated carbocycles. The lowest BCUT2D eigenvalue weighted by Gasteiger charge is -2.18. The highest BCUT2D eigenvalue weighted by Crippen LogP contribution is 2.35. The van der Waals surface area contributed by atoms with E-state index in [4.69, 9.17) is 10.5 Å². The average Bonchev–Trinajstić information content (AvgIpc) is 3.40. The normalized spacial score (nSPS) is 11.4. The van der Waals surface area contributed by atoms with Crippen molar-refractivity contribution in [3.05, 3.63) is 33.6 Å². The Morgan fingerprint density at radius 2 is 2.12 bits per heavy atom. The Balaban J connectivity index is 1.85. The number of anilines is 1. The lowest BCUT2D eigenvalue weighted by Crippen LogP contribution is -2.27. The molecule has 0 aliphatic carbocycles. The summed E-state index contributed by atoms with van der Waals surface area (Å²) in [6.07, 6.45) is 1.42. The summed E-state index contributed by atoms with van der Waals surface area (Å²) in [7, 11) is 0. The van der Waals surface area contributed by atoms with Gasteiger partial charge in [0.2, 0.25) is 11.6 Å². The highest BCUT2D eigenvalue weighted by Gasteiger charge is 2.25. The van der Waals surface area contributed by atoms with Crippen LogP contribution in [0.25, 0.3) is 5.82 Å². The number of hydrazone groups is 1. The Labute approximate surface area is 197 Å². The van der Waals surface area contributed by atoms with Crippen LogP contribution in [0.1, 0.15) is 42.5 Å². The van der Waals surface area contributed by atoms with Crippen LogP contribution in [-0.2, 0) is 6.54 Å². The Morgan fingerprint density at radius 3 is 2.76 bits per heavy atom. The molecule has 14 heteroatoms. The lowest BCUT2D eigenvalue weighted by molar-refractivity contribution is 0.0948. The van der Waals surface area contributed by atoms with Gasteiger partial charge in [-0.1, -0.05) is 19.1 Å². The van der Waals surface area contributed by atoms with Crippen LogP contribution in [0.5, 0.6) is 11.5 Å². The lowest BCUT2D eigenvalue weighted by atomic mass is 10.2. The molecular formula is C19H24BrN9O4. The van der Waals surface area contributed by atoms with Crippen molar-refractivity contribution in [3.8, 4) is 17.3 Å². The molecule has 0 bridgehead atoms. The molecule has 1 amide bonds. The minimum atomic E-state index is -0.572. The van der Waals surface area contributed by atoms with Crippen molar-refractivity contribution in [2.75, 3.05) is 25.4 Å². The van der Waals surface area contributed by atoms with E-state index >= 15 is 0 Å². The Hall–Kier alpha value is -3.52. The number of carbonyl (C=O) groups excluding carboxylic acids is 1. The maximum Gasteiger partial charge on any atom is 0.293 e. The fraction of sp³-hybridized carbons (Fsp3) is 0.368. The number of aromatic nitrogens is 5. The van der Waals surface area contributed by atoms with Crippen molar-refractivity contribution in [1.29, 1.82) is 0 Å². The van der Waals surface area contributed by atoms with Gasteiger partial charge < -0.3 is 15.6 Å². The van der Waals surface area contributed by atoms with Gasteiger partial charge in [-0.05, 0) is 64.0 Å². The van der Waals surface area contributed by atoms with Crippen molar-refractivity contribution in [3.63, 3.8) is 0 Å². The number of halogens is 1. The second-order valence-electron chi connectivity index (χ2n) is 6.71. The highest BCUT2D eigenvalue weighted by molar-refractivity contribution is 9.10. The number of hydrogen-bond acceptors (Lipinski definition) is 11. The standard InChI is InChI=1S/C19H24BrN9O4/c1-4-28(5-2)10-13-15(23-27-29(13)18-17(21)25-33-26-18)19(31)24-22-9-11-7-12(20)16(30)14(8-11)32-6-3/h7-9,30H,4-6,10H2,1-3H3,(H2,21,25)(H,24,31). The summed E-state index contributed by atoms with van der Waals surface area (Å²) >= 11 is 3.26. The molecular weight excluding hydrogens is 498 g/mol. The number of carbonyl (C=O) groups is 1. The summed E-state index contributed by atoms with van der Waals surface area (Å²) < 4.78 is 11.8. The van der Waals surface area contributed by atoms with Crippen LogP contribution in [0.3, 0.4) is 0 Å². The molecule has 1 aromatic carbocycles. The van der Waals surface area contributed by atoms with Gasteiger partial charge in [0.25, 0.3) is 5.91 Å². The summed E-state index contributed by atoms with van der Waals surface area (Å²) in [6, 6.07) is 3.23. The van der Waals surface area contributed by atoms with Crippen molar-refractivity contribution in [2.45, 2.75) is 27.3 Å². The van der Waals surface area contributed by atoms with Gasteiger partial charge in [-0.15, -0.1) is 5.10 Å². The monoisotopic (exact) mass is 521 g/mol. The molecule has 0 spiro atoms. The van der Waals surface area contributed by atoms with E-state index in [1.807, 2.05) is 13.8 Å². The number of aromatic hydroxyl groups is 1. The molecule has 0 radical (unpaired) electrons. The zero-order valence-corrected chi connectivity index (χ0v) is 19.9. The Bertz CT molecular complexity index is 1140. The molecule has 4 N–H and O–H groups in total. The van der Waals surface area contributed by atoms with E-state index in [9.17, 15) is 9.90 Å². The molecule has 3 rings (SSSR count). The fourth-order valence-electron chi connectivity index (χ4n) is 2.94. The summed E-state index contributed by atoms with van der Waals surface area (Å²) in [6.45, 7) is 8.03. The van der Waals surface area contributed by atoms with Crippen LogP contribution in [0.4, 0.5) is 5.82 Å². The van der Waals surface area contributed by atoms with E-state index in [0.29, 0.717) is 34.6 Å². The second-order valence-corrected chi connectivity index (χ2v) is 7.57. The van der Waals surface area contributed by atoms with Gasteiger partial charge in [0.05, 0.1) is 23.0 Å². The summed E-state index contributed by atoms with van der Waals surface area (Å²) in [5, 5.41) is 29.3. The Morgan fingerprint density at radius 1 is 1.36 bits per heavy atom. The number of benzene rings is 1. The molecule has 0 aliphatic rings. The highest BCUT2D eigenvalue weighted by atomic mass is 79.9. The van der Waals surface area contributed by atoms with E-state index in [1.165, 1.54) is 10.9 Å². The predicted molar refractivity (Wildman–Crippen MR) is 122 cm³/mol. The number of phenols is 1. The third kappa shape index (κ3) is 5.46. The molecule has 0 aliphatic heterocycles. The van der Waals surface area contributed by atoms with Crippen LogP contribution in [0.15, 0.2) is 26.3 Å². The van der Waals surface area contributed by atoms with Crippen LogP contribution in [0.2, 0.25) is 0 Å². The van der Waals surface area contributed by atoms with Gasteiger partial charge in [0.15, 0.2) is 17.2 Å². The third-order valence-corrected chi connectivity index (χ3v) is 5.28. The Kier molecular flexibility index (Phi) is 7.95. The molecule has 2 aromatic heterocycles. The van der Waals surface area contributed by atoms with Crippen molar-refractivity contribution >= 4 is 33.9 Å². The van der Waals surface area contributed by atoms with Gasteiger partial charge in [0.1, 0.15) is 0 Å². The van der Waals surface area contributed by atoms with E-state index in [1.54, 1.807) is 19.1 Å². The van der Waals surface area contributed by atoms with E-state index < -0.39 is 5.91 Å². The van der Waals surface area contributed by atoms with Gasteiger partial charge >= 0.3 is 0 Å². The maximum absolute atomic E-state index is 12.8. The predicted octanol–water partition coefficient (Wildman–Crippen LogP) is 1.70. The number of nitrogens with one attached hydrogen (secondary N) is 1. The first-order chi connectivity index (χ1) is 15.9. The van der Waals surface area contributed by atoms with Crippen molar-refractivity contribution < 1.29 is 19.3 Å². The first-order valence-corrected chi connectivity index (χ1v) is 10.9. The fourth-order valence-corrected chi connectivity index (χ4v) is 3.40. The van der Waals surface area contributed by atoms with Gasteiger partial charge in [-0.25, -0.2) is 10.1 Å². The molecule has 0 unspecified atom stereocenters. The van der Waals surface area contributed by atoms with Crippen LogP contribution in [-0.4, -0.2) is 67.1 Å². The zero-order chi connectivity index (χ0) is 24.0. The quantitative estimate of drug-likeness (QED) is 0.263. The number of ether oxygens (including phenoxy) is 1. The molecule has 13 nitrogen and oxygen atoms in total. The number of nitrogens with zero attached hydrogens (tertiary/aromatic N) is 7. The summed E-state index contributed by atoms with van der Waals surface area (Å²) in [5.74, 6) is -0.129. The molecule has 176 valence electrons. The minimum Gasteiger partial charge on any atom is -0.503 e. The van der Waals surface area contributed by atoms with Gasteiger partial charge in [-0.2, -0.15) is 9.78 Å². The number of hydrogen-bond donors (Lipinski definition) is 3. The number of nitrogens with two attached hydrogens (primary N) is 1. The molecule has 0 atom stereocenters. The van der Waals surface area contributed by atoms with Crippen molar-refractivity contribution in [2.24, 2.45) is 5.10 Å². The van der Waals surface area contributed by atoms with Gasteiger partial charge in [-0.3, -0.25) is 9.69 Å². The van der Waals surface area contributed by atoms with E-state index in [0.717, 1.165) is 13.1 Å². The van der Waals surface area contributed by atoms with Crippen molar-refractivity contribution in [1.82, 2.24) is 35.6 Å². The second kappa shape index (κ2) is 10.9. The largest absolute Gasteiger partial charge is 0.503 e. The van der Waals surface area contributed by atoms with Crippen LogP contribution < -0.4 is 15.9 Å². The van der Waals surface area contributed by atoms with Crippen LogP contribution >= 0.6 is 15.9 Å². The number of nitrogen functional groups attached to an aromatic ring is 1. The number of rotatable bonds is 10. The first kappa shape index (κ1) is 24.1.